The summed E-state index contributed by atoms with van der Waals surface area (Å²) >= 11 is 3.26. The van der Waals surface area contributed by atoms with E-state index >= 15 is 0 Å². The molecule has 1 aromatic carbocycles. The first-order valence-electron chi connectivity index (χ1n) is 2.26. The Hall–Kier alpha value is 0.0974. The summed E-state index contributed by atoms with van der Waals surface area (Å²) in [7, 11) is 0. The molecule has 42 valence electrons. The van der Waals surface area contributed by atoms with Gasteiger partial charge in [0.1, 0.15) is 0 Å². The molecule has 0 unspecified atom stereocenters. The zero-order valence-electron chi connectivity index (χ0n) is 5.19. The number of nitrogens with one attached hydrogen (secondary N) is 1. The van der Waals surface area contributed by atoms with Crippen LogP contribution in [-0.2, 0) is 0 Å². The van der Waals surface area contributed by atoms with Gasteiger partial charge in [-0.25, -0.2) is 0 Å². The van der Waals surface area contributed by atoms with Crippen LogP contribution >= 0.6 is 15.9 Å². The third-order valence-electron chi connectivity index (χ3n) is 0.844. The fourth-order valence-electron chi connectivity index (χ4n) is 0.450. The van der Waals surface area contributed by atoms with Crippen molar-refractivity contribution in [2.75, 3.05) is 0 Å². The predicted octanol–water partition coefficient (Wildman–Crippen LogP) is 0.137. The summed E-state index contributed by atoms with van der Waals surface area (Å²) in [5.41, 5.74) is 7.62. The molecule has 3 heteroatoms. The second-order valence-corrected chi connectivity index (χ2v) is 2.42. The van der Waals surface area contributed by atoms with Gasteiger partial charge >= 0.3 is 18.9 Å². The summed E-state index contributed by atoms with van der Waals surface area (Å²) in [6, 6.07) is 7.18. The van der Waals surface area contributed by atoms with Gasteiger partial charge in [0, 0.05) is 4.47 Å². The van der Waals surface area contributed by atoms with Gasteiger partial charge in [-0.3, -0.25) is 0 Å². The molecule has 1 rings (SSSR count). The molecule has 1 nitrogen and oxygen atoms in total. The molecule has 0 saturated carbocycles. The molecule has 0 aliphatic rings. The van der Waals surface area contributed by atoms with Crippen molar-refractivity contribution in [3.05, 3.63) is 34.5 Å². The van der Waals surface area contributed by atoms with Crippen molar-refractivity contribution < 1.29 is 18.9 Å². The minimum absolute atomic E-state index is 0. The van der Waals surface area contributed by atoms with Crippen molar-refractivity contribution in [1.82, 2.24) is 0 Å². The van der Waals surface area contributed by atoms with Crippen LogP contribution in [0.2, 0.25) is 0 Å². The molecular formula is C6H5BrLiN. The summed E-state index contributed by atoms with van der Waals surface area (Å²) in [5.74, 6) is 0. The van der Waals surface area contributed by atoms with Crippen LogP contribution in [0.4, 0.5) is 5.69 Å². The molecule has 0 aliphatic carbocycles. The maximum atomic E-state index is 7.07. The molecule has 0 amide bonds. The number of rotatable bonds is 0. The minimum atomic E-state index is 0. The van der Waals surface area contributed by atoms with Crippen molar-refractivity contribution in [2.45, 2.75) is 0 Å². The van der Waals surface area contributed by atoms with E-state index < -0.39 is 0 Å². The van der Waals surface area contributed by atoms with Gasteiger partial charge < -0.3 is 5.73 Å². The van der Waals surface area contributed by atoms with Crippen molar-refractivity contribution in [3.8, 4) is 0 Å². The maximum absolute atomic E-state index is 7.07. The average molecular weight is 178 g/mol. The van der Waals surface area contributed by atoms with E-state index in [2.05, 4.69) is 15.9 Å². The van der Waals surface area contributed by atoms with Gasteiger partial charge in [0.05, 0.1) is 0 Å². The Morgan fingerprint density at radius 1 is 1.11 bits per heavy atom. The number of benzene rings is 1. The van der Waals surface area contributed by atoms with Gasteiger partial charge in [0.25, 0.3) is 0 Å². The van der Waals surface area contributed by atoms with Crippen LogP contribution in [-0.4, -0.2) is 0 Å². The number of halogens is 1. The van der Waals surface area contributed by atoms with Crippen molar-refractivity contribution in [1.29, 1.82) is 0 Å². The zero-order valence-corrected chi connectivity index (χ0v) is 6.77. The third-order valence-corrected chi connectivity index (χ3v) is 1.37. The first-order valence-corrected chi connectivity index (χ1v) is 3.05. The minimum Gasteiger partial charge on any atom is -0.699 e. The van der Waals surface area contributed by atoms with E-state index in [0.29, 0.717) is 5.69 Å². The Morgan fingerprint density at radius 3 is 1.89 bits per heavy atom. The molecule has 0 fully saturated rings. The van der Waals surface area contributed by atoms with Crippen molar-refractivity contribution in [3.63, 3.8) is 0 Å². The summed E-state index contributed by atoms with van der Waals surface area (Å²) in [6.07, 6.45) is 0. The largest absolute Gasteiger partial charge is 1.00 e. The van der Waals surface area contributed by atoms with Gasteiger partial charge in [-0.15, -0.1) is 5.69 Å². The standard InChI is InChI=1S/C6H5BrN.Li/c7-5-1-3-6(8)4-2-5;/h1-4,8H;/q-1;+1. The molecule has 0 spiro atoms. The SMILES string of the molecule is [Li+].[NH-]c1ccc(Br)cc1. The van der Waals surface area contributed by atoms with E-state index in [0.717, 1.165) is 4.47 Å². The molecular weight excluding hydrogens is 173 g/mol. The number of hydrogen-bond donors (Lipinski definition) is 0. The van der Waals surface area contributed by atoms with E-state index in [1.807, 2.05) is 12.1 Å². The zero-order chi connectivity index (χ0) is 5.98. The Morgan fingerprint density at radius 2 is 1.56 bits per heavy atom. The normalized spacial score (nSPS) is 8.11. The van der Waals surface area contributed by atoms with Gasteiger partial charge in [-0.2, -0.15) is 0 Å². The fraction of sp³-hybridized carbons (Fsp3) is 0. The molecule has 0 saturated heterocycles. The number of hydrogen-bond acceptors (Lipinski definition) is 0. The fourth-order valence-corrected chi connectivity index (χ4v) is 0.714. The Balaban J connectivity index is 0.000000640. The molecule has 9 heavy (non-hydrogen) atoms. The van der Waals surface area contributed by atoms with Crippen LogP contribution in [0.5, 0.6) is 0 Å². The first-order chi connectivity index (χ1) is 3.79. The van der Waals surface area contributed by atoms with Gasteiger partial charge in [0.2, 0.25) is 0 Å². The second-order valence-electron chi connectivity index (χ2n) is 1.51. The van der Waals surface area contributed by atoms with Crippen LogP contribution in [0.15, 0.2) is 28.7 Å². The summed E-state index contributed by atoms with van der Waals surface area (Å²) in [6.45, 7) is 0. The predicted molar refractivity (Wildman–Crippen MR) is 38.1 cm³/mol. The van der Waals surface area contributed by atoms with E-state index in [1.54, 1.807) is 12.1 Å². The second kappa shape index (κ2) is 4.00. The summed E-state index contributed by atoms with van der Waals surface area (Å²) in [5, 5.41) is 0. The van der Waals surface area contributed by atoms with Crippen molar-refractivity contribution >= 4 is 21.6 Å². The molecule has 0 bridgehead atoms. The van der Waals surface area contributed by atoms with E-state index in [9.17, 15) is 0 Å². The Kier molecular flexibility index (Phi) is 4.04. The van der Waals surface area contributed by atoms with Gasteiger partial charge in [-0.05, 0) is 12.1 Å². The Labute approximate surface area is 74.9 Å². The topological polar surface area (TPSA) is 23.8 Å². The molecule has 0 aliphatic heterocycles. The molecule has 0 atom stereocenters. The molecule has 0 heterocycles. The maximum Gasteiger partial charge on any atom is 1.00 e. The quantitative estimate of drug-likeness (QED) is 0.504. The molecule has 0 radical (unpaired) electrons. The van der Waals surface area contributed by atoms with Crippen LogP contribution in [0.3, 0.4) is 0 Å². The van der Waals surface area contributed by atoms with E-state index in [1.165, 1.54) is 0 Å². The monoisotopic (exact) mass is 177 g/mol. The van der Waals surface area contributed by atoms with E-state index in [-0.39, 0.29) is 18.9 Å². The van der Waals surface area contributed by atoms with Crippen LogP contribution in [0.25, 0.3) is 5.73 Å². The van der Waals surface area contributed by atoms with Crippen LogP contribution in [0, 0.1) is 0 Å². The summed E-state index contributed by atoms with van der Waals surface area (Å²) in [4.78, 5) is 0. The van der Waals surface area contributed by atoms with Crippen LogP contribution < -0.4 is 18.9 Å². The summed E-state index contributed by atoms with van der Waals surface area (Å²) < 4.78 is 1.02. The van der Waals surface area contributed by atoms with Gasteiger partial charge in [0.15, 0.2) is 0 Å². The first kappa shape index (κ1) is 9.10. The Bertz CT molecular complexity index is 152. The third kappa shape index (κ3) is 2.95. The van der Waals surface area contributed by atoms with E-state index in [4.69, 9.17) is 5.73 Å². The van der Waals surface area contributed by atoms with Gasteiger partial charge in [-0.1, -0.05) is 28.1 Å². The average Bonchev–Trinajstić information content (AvgIpc) is 1.77. The molecule has 0 aromatic heterocycles. The molecule has 1 aromatic rings. The van der Waals surface area contributed by atoms with Crippen LogP contribution in [0.1, 0.15) is 0 Å². The van der Waals surface area contributed by atoms with Crippen molar-refractivity contribution in [2.24, 2.45) is 0 Å². The smallest absolute Gasteiger partial charge is 0.699 e. The molecule has 1 N–H and O–H groups in total.